The van der Waals surface area contributed by atoms with Gasteiger partial charge in [0.2, 0.25) is 0 Å². The van der Waals surface area contributed by atoms with E-state index in [1.165, 1.54) is 0 Å². The maximum absolute atomic E-state index is 5.83. The monoisotopic (exact) mass is 237 g/mol. The van der Waals surface area contributed by atoms with Gasteiger partial charge in [0, 0.05) is 5.02 Å². The Morgan fingerprint density at radius 2 is 2.00 bits per heavy atom. The van der Waals surface area contributed by atoms with E-state index in [9.17, 15) is 0 Å². The minimum absolute atomic E-state index is 0.0886. The second-order valence-electron chi connectivity index (χ2n) is 3.44. The number of nitrogens with zero attached hydrogens (tertiary/aromatic N) is 4. The number of benzene rings is 1. The summed E-state index contributed by atoms with van der Waals surface area (Å²) in [5.41, 5.74) is 0.895. The third-order valence-corrected chi connectivity index (χ3v) is 2.64. The van der Waals surface area contributed by atoms with E-state index in [1.807, 2.05) is 38.2 Å². The molecule has 0 saturated carbocycles. The Balaban J connectivity index is 2.40. The lowest BCUT2D eigenvalue weighted by Crippen LogP contribution is -2.17. The molecule has 0 aliphatic rings. The third-order valence-electron chi connectivity index (χ3n) is 2.39. The fourth-order valence-electron chi connectivity index (χ4n) is 1.36. The summed E-state index contributed by atoms with van der Waals surface area (Å²) in [7, 11) is 1.87. The summed E-state index contributed by atoms with van der Waals surface area (Å²) in [6.45, 7) is 2.00. The number of hydrogen-bond donors (Lipinski definition) is 1. The van der Waals surface area contributed by atoms with Crippen LogP contribution in [0.25, 0.3) is 5.69 Å². The van der Waals surface area contributed by atoms with Gasteiger partial charge in [0.1, 0.15) is 0 Å². The van der Waals surface area contributed by atoms with Crippen molar-refractivity contribution in [3.63, 3.8) is 0 Å². The summed E-state index contributed by atoms with van der Waals surface area (Å²) < 4.78 is 1.69. The standard InChI is InChI=1S/C10H12ClN5/c1-7(12-2)10-13-14-15-16(10)9-5-3-8(11)4-6-9/h3-7,12H,1-2H3. The van der Waals surface area contributed by atoms with Crippen LogP contribution < -0.4 is 5.32 Å². The Morgan fingerprint density at radius 1 is 1.31 bits per heavy atom. The smallest absolute Gasteiger partial charge is 0.173 e. The van der Waals surface area contributed by atoms with Crippen molar-refractivity contribution in [2.24, 2.45) is 0 Å². The maximum Gasteiger partial charge on any atom is 0.173 e. The molecule has 2 aromatic rings. The molecule has 0 amide bonds. The molecule has 1 aromatic carbocycles. The summed E-state index contributed by atoms with van der Waals surface area (Å²) in [5, 5.41) is 15.4. The second kappa shape index (κ2) is 4.59. The molecule has 0 spiro atoms. The molecule has 1 atom stereocenters. The average molecular weight is 238 g/mol. The first kappa shape index (κ1) is 11.0. The normalized spacial score (nSPS) is 12.7. The lowest BCUT2D eigenvalue weighted by Gasteiger charge is -2.09. The van der Waals surface area contributed by atoms with Gasteiger partial charge >= 0.3 is 0 Å². The van der Waals surface area contributed by atoms with Crippen molar-refractivity contribution >= 4 is 11.6 Å². The van der Waals surface area contributed by atoms with Gasteiger partial charge < -0.3 is 5.32 Å². The fourth-order valence-corrected chi connectivity index (χ4v) is 1.49. The zero-order valence-corrected chi connectivity index (χ0v) is 9.81. The van der Waals surface area contributed by atoms with Crippen LogP contribution in [0.3, 0.4) is 0 Å². The van der Waals surface area contributed by atoms with Gasteiger partial charge in [-0.05, 0) is 48.7 Å². The van der Waals surface area contributed by atoms with Crippen LogP contribution in [0, 0.1) is 0 Å². The predicted octanol–water partition coefficient (Wildman–Crippen LogP) is 1.60. The van der Waals surface area contributed by atoms with E-state index in [2.05, 4.69) is 20.8 Å². The van der Waals surface area contributed by atoms with Crippen molar-refractivity contribution < 1.29 is 0 Å². The topological polar surface area (TPSA) is 55.6 Å². The summed E-state index contributed by atoms with van der Waals surface area (Å²) >= 11 is 5.83. The first-order valence-electron chi connectivity index (χ1n) is 4.94. The lowest BCUT2D eigenvalue weighted by atomic mass is 10.3. The zero-order chi connectivity index (χ0) is 11.5. The molecule has 0 aliphatic heterocycles. The fraction of sp³-hybridized carbons (Fsp3) is 0.300. The number of aromatic nitrogens is 4. The SMILES string of the molecule is CNC(C)c1nnnn1-c1ccc(Cl)cc1. The number of nitrogens with one attached hydrogen (secondary N) is 1. The molecule has 2 rings (SSSR count). The minimum atomic E-state index is 0.0886. The van der Waals surface area contributed by atoms with Crippen LogP contribution in [0.1, 0.15) is 18.8 Å². The van der Waals surface area contributed by atoms with Crippen LogP contribution in [0.2, 0.25) is 5.02 Å². The predicted molar refractivity (Wildman–Crippen MR) is 61.6 cm³/mol. The Bertz CT molecular complexity index is 464. The molecular weight excluding hydrogens is 226 g/mol. The summed E-state index contributed by atoms with van der Waals surface area (Å²) in [6.07, 6.45) is 0. The zero-order valence-electron chi connectivity index (χ0n) is 9.05. The van der Waals surface area contributed by atoms with Crippen LogP contribution in [0.5, 0.6) is 0 Å². The van der Waals surface area contributed by atoms with Gasteiger partial charge in [0.15, 0.2) is 5.82 Å². The molecule has 0 aliphatic carbocycles. The first-order valence-corrected chi connectivity index (χ1v) is 5.31. The molecule has 5 nitrogen and oxygen atoms in total. The van der Waals surface area contributed by atoms with E-state index in [0.717, 1.165) is 11.5 Å². The maximum atomic E-state index is 5.83. The van der Waals surface area contributed by atoms with Crippen molar-refractivity contribution in [3.8, 4) is 5.69 Å². The van der Waals surface area contributed by atoms with E-state index in [4.69, 9.17) is 11.6 Å². The number of tetrazole rings is 1. The molecule has 1 heterocycles. The van der Waals surface area contributed by atoms with Gasteiger partial charge in [-0.25, -0.2) is 0 Å². The van der Waals surface area contributed by atoms with Gasteiger partial charge in [-0.3, -0.25) is 0 Å². The largest absolute Gasteiger partial charge is 0.311 e. The lowest BCUT2D eigenvalue weighted by molar-refractivity contribution is 0.588. The summed E-state index contributed by atoms with van der Waals surface area (Å²) in [5.74, 6) is 0.768. The van der Waals surface area contributed by atoms with Crippen LogP contribution >= 0.6 is 11.6 Å². The highest BCUT2D eigenvalue weighted by atomic mass is 35.5. The van der Waals surface area contributed by atoms with E-state index in [0.29, 0.717) is 5.02 Å². The van der Waals surface area contributed by atoms with Crippen molar-refractivity contribution in [2.45, 2.75) is 13.0 Å². The number of halogens is 1. The van der Waals surface area contributed by atoms with Crippen molar-refractivity contribution in [1.29, 1.82) is 0 Å². The molecule has 1 N–H and O–H groups in total. The molecule has 1 aromatic heterocycles. The van der Waals surface area contributed by atoms with Gasteiger partial charge in [0.25, 0.3) is 0 Å². The summed E-state index contributed by atoms with van der Waals surface area (Å²) in [6, 6.07) is 7.47. The Labute approximate surface area is 98.4 Å². The molecule has 0 fully saturated rings. The third kappa shape index (κ3) is 2.05. The minimum Gasteiger partial charge on any atom is -0.311 e. The number of hydrogen-bond acceptors (Lipinski definition) is 4. The highest BCUT2D eigenvalue weighted by molar-refractivity contribution is 6.30. The van der Waals surface area contributed by atoms with Crippen molar-refractivity contribution in [3.05, 3.63) is 35.1 Å². The van der Waals surface area contributed by atoms with E-state index in [-0.39, 0.29) is 6.04 Å². The highest BCUT2D eigenvalue weighted by Crippen LogP contribution is 2.16. The Hall–Kier alpha value is -1.46. The van der Waals surface area contributed by atoms with Gasteiger partial charge in [-0.15, -0.1) is 5.10 Å². The Morgan fingerprint density at radius 3 is 2.62 bits per heavy atom. The van der Waals surface area contributed by atoms with Crippen LogP contribution in [-0.2, 0) is 0 Å². The van der Waals surface area contributed by atoms with Crippen LogP contribution in [0.15, 0.2) is 24.3 Å². The highest BCUT2D eigenvalue weighted by Gasteiger charge is 2.13. The van der Waals surface area contributed by atoms with E-state index < -0.39 is 0 Å². The molecular formula is C10H12ClN5. The number of rotatable bonds is 3. The van der Waals surface area contributed by atoms with Gasteiger partial charge in [-0.1, -0.05) is 11.6 Å². The second-order valence-corrected chi connectivity index (χ2v) is 3.87. The molecule has 1 unspecified atom stereocenters. The van der Waals surface area contributed by atoms with E-state index >= 15 is 0 Å². The van der Waals surface area contributed by atoms with E-state index in [1.54, 1.807) is 4.68 Å². The first-order chi connectivity index (χ1) is 7.72. The quantitative estimate of drug-likeness (QED) is 0.881. The van der Waals surface area contributed by atoms with Crippen molar-refractivity contribution in [2.75, 3.05) is 7.05 Å². The molecule has 0 saturated heterocycles. The molecule has 0 radical (unpaired) electrons. The molecule has 6 heteroatoms. The van der Waals surface area contributed by atoms with Gasteiger partial charge in [-0.2, -0.15) is 4.68 Å². The van der Waals surface area contributed by atoms with Crippen LogP contribution in [0.4, 0.5) is 0 Å². The summed E-state index contributed by atoms with van der Waals surface area (Å²) in [4.78, 5) is 0. The van der Waals surface area contributed by atoms with Crippen LogP contribution in [-0.4, -0.2) is 27.3 Å². The molecule has 16 heavy (non-hydrogen) atoms. The average Bonchev–Trinajstić information content (AvgIpc) is 2.78. The van der Waals surface area contributed by atoms with Crippen molar-refractivity contribution in [1.82, 2.24) is 25.5 Å². The molecule has 84 valence electrons. The Kier molecular flexibility index (Phi) is 3.17. The van der Waals surface area contributed by atoms with Gasteiger partial charge in [0.05, 0.1) is 11.7 Å². The molecule has 0 bridgehead atoms.